The molecule has 0 unspecified atom stereocenters. The Labute approximate surface area is 97.6 Å². The summed E-state index contributed by atoms with van der Waals surface area (Å²) < 4.78 is 5.55. The van der Waals surface area contributed by atoms with Crippen molar-refractivity contribution in [2.75, 3.05) is 33.8 Å². The standard InChI is InChI=1S/C12H21N3O/c1-4-13-9-11-5-6-12(10-14-11)16-8-7-15(2)3/h5-6,10,13H,4,7-9H2,1-3H3. The molecule has 4 nitrogen and oxygen atoms in total. The summed E-state index contributed by atoms with van der Waals surface area (Å²) in [4.78, 5) is 6.40. The van der Waals surface area contributed by atoms with Crippen molar-refractivity contribution in [3.63, 3.8) is 0 Å². The summed E-state index contributed by atoms with van der Waals surface area (Å²) >= 11 is 0. The van der Waals surface area contributed by atoms with E-state index in [9.17, 15) is 0 Å². The number of nitrogens with zero attached hydrogens (tertiary/aromatic N) is 2. The second-order valence-corrected chi connectivity index (χ2v) is 3.92. The lowest BCUT2D eigenvalue weighted by Crippen LogP contribution is -2.19. The SMILES string of the molecule is CCNCc1ccc(OCCN(C)C)cn1. The molecule has 0 aliphatic heterocycles. The van der Waals surface area contributed by atoms with Gasteiger partial charge in [0.15, 0.2) is 0 Å². The van der Waals surface area contributed by atoms with E-state index < -0.39 is 0 Å². The van der Waals surface area contributed by atoms with Crippen LogP contribution in [-0.2, 0) is 6.54 Å². The van der Waals surface area contributed by atoms with Gasteiger partial charge >= 0.3 is 0 Å². The summed E-state index contributed by atoms with van der Waals surface area (Å²) in [5.41, 5.74) is 1.04. The highest BCUT2D eigenvalue weighted by Crippen LogP contribution is 2.08. The number of hydrogen-bond acceptors (Lipinski definition) is 4. The lowest BCUT2D eigenvalue weighted by atomic mass is 10.3. The molecule has 0 bridgehead atoms. The predicted molar refractivity (Wildman–Crippen MR) is 65.7 cm³/mol. The Morgan fingerprint density at radius 1 is 1.38 bits per heavy atom. The van der Waals surface area contributed by atoms with Gasteiger partial charge in [-0.3, -0.25) is 4.98 Å². The number of aromatic nitrogens is 1. The molecule has 16 heavy (non-hydrogen) atoms. The van der Waals surface area contributed by atoms with Gasteiger partial charge in [0.05, 0.1) is 11.9 Å². The highest BCUT2D eigenvalue weighted by Gasteiger charge is 1.97. The smallest absolute Gasteiger partial charge is 0.137 e. The lowest BCUT2D eigenvalue weighted by molar-refractivity contribution is 0.260. The Hall–Kier alpha value is -1.13. The normalized spacial score (nSPS) is 10.8. The molecule has 1 N–H and O–H groups in total. The maximum absolute atomic E-state index is 5.55. The summed E-state index contributed by atoms with van der Waals surface area (Å²) in [7, 11) is 4.06. The van der Waals surface area contributed by atoms with E-state index >= 15 is 0 Å². The van der Waals surface area contributed by atoms with E-state index in [2.05, 4.69) is 22.1 Å². The quantitative estimate of drug-likeness (QED) is 0.752. The number of nitrogens with one attached hydrogen (secondary N) is 1. The Morgan fingerprint density at radius 3 is 2.75 bits per heavy atom. The predicted octanol–water partition coefficient (Wildman–Crippen LogP) is 1.13. The third-order valence-electron chi connectivity index (χ3n) is 2.16. The fourth-order valence-electron chi connectivity index (χ4n) is 1.20. The molecule has 0 amide bonds. The molecule has 0 spiro atoms. The average molecular weight is 223 g/mol. The summed E-state index contributed by atoms with van der Waals surface area (Å²) in [5, 5.41) is 3.23. The van der Waals surface area contributed by atoms with Crippen molar-refractivity contribution in [2.24, 2.45) is 0 Å². The molecule has 0 aromatic carbocycles. The van der Waals surface area contributed by atoms with Gasteiger partial charge in [-0.25, -0.2) is 0 Å². The largest absolute Gasteiger partial charge is 0.491 e. The van der Waals surface area contributed by atoms with Crippen LogP contribution in [0.3, 0.4) is 0 Å². The molecule has 0 aliphatic rings. The first-order valence-corrected chi connectivity index (χ1v) is 5.65. The van der Waals surface area contributed by atoms with Crippen molar-refractivity contribution in [1.29, 1.82) is 0 Å². The van der Waals surface area contributed by atoms with Gasteiger partial charge in [0, 0.05) is 13.1 Å². The van der Waals surface area contributed by atoms with Gasteiger partial charge in [-0.15, -0.1) is 0 Å². The molecular weight excluding hydrogens is 202 g/mol. The zero-order valence-electron chi connectivity index (χ0n) is 10.4. The monoisotopic (exact) mass is 223 g/mol. The van der Waals surface area contributed by atoms with E-state index in [1.807, 2.05) is 26.2 Å². The molecule has 0 fully saturated rings. The molecule has 1 aromatic heterocycles. The second-order valence-electron chi connectivity index (χ2n) is 3.92. The minimum absolute atomic E-state index is 0.696. The molecule has 0 radical (unpaired) electrons. The minimum atomic E-state index is 0.696. The van der Waals surface area contributed by atoms with Gasteiger partial charge in [0.25, 0.3) is 0 Å². The van der Waals surface area contributed by atoms with E-state index in [1.54, 1.807) is 6.20 Å². The number of ether oxygens (including phenoxy) is 1. The van der Waals surface area contributed by atoms with Gasteiger partial charge in [0.1, 0.15) is 12.4 Å². The molecule has 0 saturated carbocycles. The zero-order valence-corrected chi connectivity index (χ0v) is 10.4. The molecule has 0 aliphatic carbocycles. The van der Waals surface area contributed by atoms with Crippen molar-refractivity contribution in [1.82, 2.24) is 15.2 Å². The van der Waals surface area contributed by atoms with Crippen LogP contribution < -0.4 is 10.1 Å². The van der Waals surface area contributed by atoms with Gasteiger partial charge in [-0.1, -0.05) is 6.92 Å². The van der Waals surface area contributed by atoms with E-state index in [4.69, 9.17) is 4.74 Å². The van der Waals surface area contributed by atoms with Crippen molar-refractivity contribution in [3.05, 3.63) is 24.0 Å². The van der Waals surface area contributed by atoms with Crippen molar-refractivity contribution in [2.45, 2.75) is 13.5 Å². The first kappa shape index (κ1) is 12.9. The minimum Gasteiger partial charge on any atom is -0.491 e. The van der Waals surface area contributed by atoms with Gasteiger partial charge in [-0.05, 0) is 32.8 Å². The van der Waals surface area contributed by atoms with Crippen LogP contribution in [-0.4, -0.2) is 43.7 Å². The lowest BCUT2D eigenvalue weighted by Gasteiger charge is -2.10. The number of likely N-dealkylation sites (N-methyl/N-ethyl adjacent to an activating group) is 1. The summed E-state index contributed by atoms with van der Waals surface area (Å²) in [5.74, 6) is 0.835. The first-order chi connectivity index (χ1) is 7.72. The van der Waals surface area contributed by atoms with Gasteiger partial charge < -0.3 is 15.0 Å². The van der Waals surface area contributed by atoms with Crippen molar-refractivity contribution in [3.8, 4) is 5.75 Å². The molecule has 1 heterocycles. The van der Waals surface area contributed by atoms with E-state index in [0.29, 0.717) is 6.61 Å². The topological polar surface area (TPSA) is 37.4 Å². The third kappa shape index (κ3) is 5.09. The number of rotatable bonds is 7. The van der Waals surface area contributed by atoms with Crippen LogP contribution >= 0.6 is 0 Å². The van der Waals surface area contributed by atoms with Gasteiger partial charge in [-0.2, -0.15) is 0 Å². The van der Waals surface area contributed by atoms with E-state index in [1.165, 1.54) is 0 Å². The van der Waals surface area contributed by atoms with E-state index in [-0.39, 0.29) is 0 Å². The maximum Gasteiger partial charge on any atom is 0.137 e. The summed E-state index contributed by atoms with van der Waals surface area (Å²) in [6.07, 6.45) is 1.78. The average Bonchev–Trinajstić information content (AvgIpc) is 2.27. The third-order valence-corrected chi connectivity index (χ3v) is 2.16. The Morgan fingerprint density at radius 2 is 2.19 bits per heavy atom. The summed E-state index contributed by atoms with van der Waals surface area (Å²) in [6.45, 7) is 5.47. The molecule has 4 heteroatoms. The van der Waals surface area contributed by atoms with Crippen molar-refractivity contribution < 1.29 is 4.74 Å². The highest BCUT2D eigenvalue weighted by atomic mass is 16.5. The van der Waals surface area contributed by atoms with Crippen LogP contribution in [0.15, 0.2) is 18.3 Å². The number of pyridine rings is 1. The van der Waals surface area contributed by atoms with Crippen molar-refractivity contribution >= 4 is 0 Å². The molecule has 90 valence electrons. The van der Waals surface area contributed by atoms with Crippen LogP contribution in [0.25, 0.3) is 0 Å². The van der Waals surface area contributed by atoms with Crippen LogP contribution in [0.5, 0.6) is 5.75 Å². The molecule has 0 saturated heterocycles. The molecule has 1 rings (SSSR count). The Kier molecular flexibility index (Phi) is 5.82. The fraction of sp³-hybridized carbons (Fsp3) is 0.583. The maximum atomic E-state index is 5.55. The Bertz CT molecular complexity index is 285. The van der Waals surface area contributed by atoms with Crippen LogP contribution in [0.2, 0.25) is 0 Å². The van der Waals surface area contributed by atoms with Gasteiger partial charge in [0.2, 0.25) is 0 Å². The van der Waals surface area contributed by atoms with Crippen LogP contribution in [0.4, 0.5) is 0 Å². The van der Waals surface area contributed by atoms with Crippen LogP contribution in [0, 0.1) is 0 Å². The Balaban J connectivity index is 2.33. The zero-order chi connectivity index (χ0) is 11.8. The van der Waals surface area contributed by atoms with E-state index in [0.717, 1.165) is 31.1 Å². The molecule has 1 aromatic rings. The summed E-state index contributed by atoms with van der Waals surface area (Å²) in [6, 6.07) is 3.96. The number of hydrogen-bond donors (Lipinski definition) is 1. The fourth-order valence-corrected chi connectivity index (χ4v) is 1.20. The highest BCUT2D eigenvalue weighted by molar-refractivity contribution is 5.19. The molecule has 0 atom stereocenters. The first-order valence-electron chi connectivity index (χ1n) is 5.65. The second kappa shape index (κ2) is 7.19. The van der Waals surface area contributed by atoms with Crippen LogP contribution in [0.1, 0.15) is 12.6 Å². The molecular formula is C12H21N3O.